The molecule has 0 aromatic carbocycles. The number of carboxylic acids is 1. The van der Waals surface area contributed by atoms with E-state index >= 15 is 0 Å². The van der Waals surface area contributed by atoms with Gasteiger partial charge in [0.25, 0.3) is 0 Å². The highest BCUT2D eigenvalue weighted by Crippen LogP contribution is 2.29. The van der Waals surface area contributed by atoms with Crippen molar-refractivity contribution in [3.63, 3.8) is 0 Å². The Hall–Kier alpha value is -1.30. The molecular formula is C12H20N2O4. The summed E-state index contributed by atoms with van der Waals surface area (Å²) in [6.45, 7) is 2.64. The van der Waals surface area contributed by atoms with Gasteiger partial charge in [0.1, 0.15) is 6.54 Å². The van der Waals surface area contributed by atoms with Gasteiger partial charge in [-0.15, -0.1) is 0 Å². The van der Waals surface area contributed by atoms with Crippen LogP contribution in [0.25, 0.3) is 0 Å². The molecule has 1 saturated heterocycles. The van der Waals surface area contributed by atoms with Gasteiger partial charge in [-0.25, -0.2) is 4.79 Å². The molecule has 6 heteroatoms. The molecule has 1 aliphatic heterocycles. The molecular weight excluding hydrogens is 236 g/mol. The zero-order valence-electron chi connectivity index (χ0n) is 10.6. The summed E-state index contributed by atoms with van der Waals surface area (Å²) >= 11 is 0. The van der Waals surface area contributed by atoms with E-state index in [0.717, 1.165) is 19.3 Å². The smallest absolute Gasteiger partial charge is 0.323 e. The predicted molar refractivity (Wildman–Crippen MR) is 64.1 cm³/mol. The second-order valence-electron chi connectivity index (χ2n) is 5.27. The first kappa shape index (κ1) is 13.1. The first-order valence-electron chi connectivity index (χ1n) is 6.44. The van der Waals surface area contributed by atoms with E-state index in [1.165, 1.54) is 4.90 Å². The fourth-order valence-electron chi connectivity index (χ4n) is 2.42. The molecule has 2 atom stereocenters. The number of aliphatic carboxylic acids is 1. The Labute approximate surface area is 106 Å². The molecule has 2 rings (SSSR count). The Balaban J connectivity index is 1.95. The van der Waals surface area contributed by atoms with Crippen molar-refractivity contribution in [2.75, 3.05) is 19.6 Å². The van der Waals surface area contributed by atoms with E-state index in [2.05, 4.69) is 0 Å². The summed E-state index contributed by atoms with van der Waals surface area (Å²) in [5, 5.41) is 18.4. The van der Waals surface area contributed by atoms with Crippen molar-refractivity contribution in [3.05, 3.63) is 0 Å². The molecule has 0 radical (unpaired) electrons. The van der Waals surface area contributed by atoms with E-state index in [1.54, 1.807) is 11.8 Å². The molecule has 1 saturated carbocycles. The Morgan fingerprint density at radius 1 is 1.39 bits per heavy atom. The molecule has 1 heterocycles. The van der Waals surface area contributed by atoms with Crippen LogP contribution in [-0.4, -0.2) is 63.8 Å². The van der Waals surface area contributed by atoms with E-state index < -0.39 is 12.1 Å². The predicted octanol–water partition coefficient (Wildman–Crippen LogP) is 0.358. The van der Waals surface area contributed by atoms with Gasteiger partial charge in [0.2, 0.25) is 0 Å². The standard InChI is InChI=1S/C12H20N2O4/c1-8(15)9-4-5-13(6-9)12(18)14(7-11(16)17)10-2-3-10/h8-10,15H,2-7H2,1H3,(H,16,17). The lowest BCUT2D eigenvalue weighted by molar-refractivity contribution is -0.137. The van der Waals surface area contributed by atoms with E-state index in [0.29, 0.717) is 13.1 Å². The van der Waals surface area contributed by atoms with Crippen LogP contribution in [0.4, 0.5) is 4.79 Å². The quantitative estimate of drug-likeness (QED) is 0.761. The van der Waals surface area contributed by atoms with Crippen molar-refractivity contribution in [3.8, 4) is 0 Å². The number of nitrogens with zero attached hydrogens (tertiary/aromatic N) is 2. The number of urea groups is 1. The van der Waals surface area contributed by atoms with Gasteiger partial charge in [0, 0.05) is 25.0 Å². The second kappa shape index (κ2) is 5.14. The molecule has 2 fully saturated rings. The Bertz CT molecular complexity index is 341. The van der Waals surface area contributed by atoms with Gasteiger partial charge < -0.3 is 20.0 Å². The highest BCUT2D eigenvalue weighted by atomic mass is 16.4. The van der Waals surface area contributed by atoms with Crippen LogP contribution in [0.1, 0.15) is 26.2 Å². The van der Waals surface area contributed by atoms with Crippen LogP contribution in [0.5, 0.6) is 0 Å². The summed E-state index contributed by atoms with van der Waals surface area (Å²) in [6, 6.07) is -0.0951. The number of carbonyl (C=O) groups excluding carboxylic acids is 1. The maximum atomic E-state index is 12.2. The molecule has 0 bridgehead atoms. The highest BCUT2D eigenvalue weighted by Gasteiger charge is 2.38. The second-order valence-corrected chi connectivity index (χ2v) is 5.27. The average Bonchev–Trinajstić information content (AvgIpc) is 3.00. The molecule has 2 aliphatic rings. The number of carboxylic acid groups (broad SMARTS) is 1. The lowest BCUT2D eigenvalue weighted by atomic mass is 10.0. The lowest BCUT2D eigenvalue weighted by Crippen LogP contribution is -2.45. The Morgan fingerprint density at radius 3 is 2.50 bits per heavy atom. The topological polar surface area (TPSA) is 81.1 Å². The van der Waals surface area contributed by atoms with Crippen molar-refractivity contribution >= 4 is 12.0 Å². The number of hydrogen-bond donors (Lipinski definition) is 2. The molecule has 0 spiro atoms. The van der Waals surface area contributed by atoms with Gasteiger partial charge >= 0.3 is 12.0 Å². The number of hydrogen-bond acceptors (Lipinski definition) is 3. The minimum atomic E-state index is -0.971. The molecule has 0 aromatic heterocycles. The molecule has 18 heavy (non-hydrogen) atoms. The van der Waals surface area contributed by atoms with Crippen LogP contribution in [0.3, 0.4) is 0 Å². The maximum Gasteiger partial charge on any atom is 0.323 e. The number of amides is 2. The molecule has 2 amide bonds. The van der Waals surface area contributed by atoms with Crippen LogP contribution < -0.4 is 0 Å². The van der Waals surface area contributed by atoms with Crippen molar-refractivity contribution in [1.82, 2.24) is 9.80 Å². The van der Waals surface area contributed by atoms with Crippen molar-refractivity contribution in [1.29, 1.82) is 0 Å². The molecule has 2 unspecified atom stereocenters. The average molecular weight is 256 g/mol. The SMILES string of the molecule is CC(O)C1CCN(C(=O)N(CC(=O)O)C2CC2)C1. The fourth-order valence-corrected chi connectivity index (χ4v) is 2.42. The normalized spacial score (nSPS) is 25.0. The van der Waals surface area contributed by atoms with E-state index in [-0.39, 0.29) is 24.5 Å². The minimum Gasteiger partial charge on any atom is -0.480 e. The Morgan fingerprint density at radius 2 is 2.06 bits per heavy atom. The number of likely N-dealkylation sites (tertiary alicyclic amines) is 1. The molecule has 1 aliphatic carbocycles. The van der Waals surface area contributed by atoms with Crippen molar-refractivity contribution in [2.24, 2.45) is 5.92 Å². The summed E-state index contributed by atoms with van der Waals surface area (Å²) in [5.74, 6) is -0.860. The first-order valence-corrected chi connectivity index (χ1v) is 6.44. The lowest BCUT2D eigenvalue weighted by Gasteiger charge is -2.27. The number of rotatable bonds is 4. The van der Waals surface area contributed by atoms with Gasteiger partial charge in [-0.2, -0.15) is 0 Å². The number of aliphatic hydroxyl groups excluding tert-OH is 1. The summed E-state index contributed by atoms with van der Waals surface area (Å²) in [4.78, 5) is 26.1. The van der Waals surface area contributed by atoms with E-state index in [4.69, 9.17) is 5.11 Å². The zero-order chi connectivity index (χ0) is 13.3. The monoisotopic (exact) mass is 256 g/mol. The van der Waals surface area contributed by atoms with Crippen molar-refractivity contribution < 1.29 is 19.8 Å². The molecule has 6 nitrogen and oxygen atoms in total. The van der Waals surface area contributed by atoms with Crippen LogP contribution >= 0.6 is 0 Å². The number of carbonyl (C=O) groups is 2. The Kier molecular flexibility index (Phi) is 3.75. The molecule has 2 N–H and O–H groups in total. The third kappa shape index (κ3) is 2.93. The van der Waals surface area contributed by atoms with Gasteiger partial charge in [-0.1, -0.05) is 0 Å². The van der Waals surface area contributed by atoms with Crippen molar-refractivity contribution in [2.45, 2.75) is 38.3 Å². The van der Waals surface area contributed by atoms with Crippen LogP contribution in [0.2, 0.25) is 0 Å². The minimum absolute atomic E-state index is 0.0965. The van der Waals surface area contributed by atoms with E-state index in [1.807, 2.05) is 0 Å². The first-order chi connectivity index (χ1) is 8.49. The molecule has 0 aromatic rings. The fraction of sp³-hybridized carbons (Fsp3) is 0.833. The third-order valence-electron chi connectivity index (χ3n) is 3.72. The third-order valence-corrected chi connectivity index (χ3v) is 3.72. The maximum absolute atomic E-state index is 12.2. The summed E-state index contributed by atoms with van der Waals surface area (Å²) in [6.07, 6.45) is 2.16. The van der Waals surface area contributed by atoms with Gasteiger partial charge in [0.05, 0.1) is 6.10 Å². The van der Waals surface area contributed by atoms with Gasteiger partial charge in [-0.3, -0.25) is 4.79 Å². The largest absolute Gasteiger partial charge is 0.480 e. The van der Waals surface area contributed by atoms with Crippen LogP contribution in [-0.2, 0) is 4.79 Å². The van der Waals surface area contributed by atoms with Crippen LogP contribution in [0, 0.1) is 5.92 Å². The molecule has 102 valence electrons. The summed E-state index contributed by atoms with van der Waals surface area (Å²) < 4.78 is 0. The highest BCUT2D eigenvalue weighted by molar-refractivity contribution is 5.81. The number of aliphatic hydroxyl groups is 1. The summed E-state index contributed by atoms with van der Waals surface area (Å²) in [5.41, 5.74) is 0. The van der Waals surface area contributed by atoms with E-state index in [9.17, 15) is 14.7 Å². The van der Waals surface area contributed by atoms with Gasteiger partial charge in [-0.05, 0) is 26.2 Å². The van der Waals surface area contributed by atoms with Crippen LogP contribution in [0.15, 0.2) is 0 Å². The summed E-state index contributed by atoms with van der Waals surface area (Å²) in [7, 11) is 0. The zero-order valence-corrected chi connectivity index (χ0v) is 10.6. The van der Waals surface area contributed by atoms with Gasteiger partial charge in [0.15, 0.2) is 0 Å².